The van der Waals surface area contributed by atoms with Crippen molar-refractivity contribution in [2.75, 3.05) is 13.2 Å². The van der Waals surface area contributed by atoms with Crippen molar-refractivity contribution < 1.29 is 24.2 Å². The first kappa shape index (κ1) is 17.1. The summed E-state index contributed by atoms with van der Waals surface area (Å²) in [6.45, 7) is 6.63. The Morgan fingerprint density at radius 3 is 2.50 bits per heavy atom. The monoisotopic (exact) mass is 338 g/mol. The summed E-state index contributed by atoms with van der Waals surface area (Å²) < 4.78 is 17.5. The lowest BCUT2D eigenvalue weighted by molar-refractivity contribution is -0.385. The lowest BCUT2D eigenvalue weighted by Gasteiger charge is -2.48. The molecule has 3 N–H and O–H groups in total. The Kier molecular flexibility index (Phi) is 4.03. The number of hydrogen-bond donors (Lipinski definition) is 2. The molecule has 0 radical (unpaired) electrons. The average molecular weight is 338 g/mol. The number of nitro benzene ring substituents is 1. The van der Waals surface area contributed by atoms with Gasteiger partial charge >= 0.3 is 0 Å². The quantitative estimate of drug-likeness (QED) is 0.620. The van der Waals surface area contributed by atoms with Crippen molar-refractivity contribution in [1.82, 2.24) is 0 Å². The molecule has 2 aliphatic heterocycles. The zero-order valence-corrected chi connectivity index (χ0v) is 13.9. The maximum Gasteiger partial charge on any atom is 0.270 e. The Bertz CT molecular complexity index is 654. The minimum Gasteiger partial charge on any atom is -0.479 e. The van der Waals surface area contributed by atoms with E-state index in [0.717, 1.165) is 0 Å². The number of nitrogens with zero attached hydrogens (tertiary/aromatic N) is 1. The summed E-state index contributed by atoms with van der Waals surface area (Å²) in [7, 11) is 0. The van der Waals surface area contributed by atoms with Gasteiger partial charge in [0, 0.05) is 23.1 Å². The standard InChI is InChI=1S/C16H22N2O6/c1-15(2)7-22-14(23-8-15)16(3)13(19)12(17)10-6-9(18(20)21)4-5-11(10)24-16/h4-6,12-14,19H,7-8,17H2,1-3H3/t12-,13+,16+/m1/s1. The highest BCUT2D eigenvalue weighted by Crippen LogP contribution is 2.43. The SMILES string of the molecule is CC1(C)COC([C@@]2(C)Oc3ccc([N+](=O)[O-])cc3[C@@H](N)[C@@H]2O)OC1. The molecule has 132 valence electrons. The molecule has 8 heteroatoms. The number of hydrogen-bond acceptors (Lipinski definition) is 7. The van der Waals surface area contributed by atoms with Crippen LogP contribution in [0.25, 0.3) is 0 Å². The maximum atomic E-state index is 10.9. The maximum absolute atomic E-state index is 10.9. The molecular formula is C16H22N2O6. The Balaban J connectivity index is 1.91. The summed E-state index contributed by atoms with van der Waals surface area (Å²) >= 11 is 0. The van der Waals surface area contributed by atoms with Crippen LogP contribution in [0.2, 0.25) is 0 Å². The average Bonchev–Trinajstić information content (AvgIpc) is 2.52. The molecule has 0 saturated carbocycles. The molecule has 0 spiro atoms. The third-order valence-electron chi connectivity index (χ3n) is 4.54. The highest BCUT2D eigenvalue weighted by molar-refractivity contribution is 5.48. The van der Waals surface area contributed by atoms with Crippen LogP contribution in [0.15, 0.2) is 18.2 Å². The molecule has 1 fully saturated rings. The van der Waals surface area contributed by atoms with Gasteiger partial charge in [-0.2, -0.15) is 0 Å². The van der Waals surface area contributed by atoms with E-state index < -0.39 is 29.0 Å². The topological polar surface area (TPSA) is 117 Å². The van der Waals surface area contributed by atoms with Gasteiger partial charge in [0.25, 0.3) is 5.69 Å². The number of fused-ring (bicyclic) bond motifs is 1. The van der Waals surface area contributed by atoms with Crippen LogP contribution < -0.4 is 10.5 Å². The van der Waals surface area contributed by atoms with Crippen LogP contribution in [0, 0.1) is 15.5 Å². The minimum atomic E-state index is -1.21. The van der Waals surface area contributed by atoms with E-state index in [1.807, 2.05) is 13.8 Å². The molecule has 0 bridgehead atoms. The molecular weight excluding hydrogens is 316 g/mol. The summed E-state index contributed by atoms with van der Waals surface area (Å²) in [5.74, 6) is 0.387. The van der Waals surface area contributed by atoms with E-state index in [1.165, 1.54) is 18.2 Å². The number of nitro groups is 1. The molecule has 0 unspecified atom stereocenters. The summed E-state index contributed by atoms with van der Waals surface area (Å²) in [4.78, 5) is 10.4. The Morgan fingerprint density at radius 1 is 1.29 bits per heavy atom. The number of aliphatic hydroxyl groups is 1. The van der Waals surface area contributed by atoms with Gasteiger partial charge in [0.15, 0.2) is 11.9 Å². The van der Waals surface area contributed by atoms with Crippen molar-refractivity contribution in [2.45, 2.75) is 44.8 Å². The second kappa shape index (κ2) is 5.66. The third kappa shape index (κ3) is 2.75. The lowest BCUT2D eigenvalue weighted by atomic mass is 9.84. The van der Waals surface area contributed by atoms with Gasteiger partial charge in [0.2, 0.25) is 0 Å². The number of nitrogens with two attached hydrogens (primary N) is 1. The normalized spacial score (nSPS) is 32.7. The van der Waals surface area contributed by atoms with Crippen molar-refractivity contribution in [3.63, 3.8) is 0 Å². The summed E-state index contributed by atoms with van der Waals surface area (Å²) in [6, 6.07) is 3.31. The number of benzene rings is 1. The highest BCUT2D eigenvalue weighted by atomic mass is 16.7. The smallest absolute Gasteiger partial charge is 0.270 e. The van der Waals surface area contributed by atoms with Crippen molar-refractivity contribution in [1.29, 1.82) is 0 Å². The van der Waals surface area contributed by atoms with Gasteiger partial charge in [-0.15, -0.1) is 0 Å². The molecule has 1 aromatic rings. The minimum absolute atomic E-state index is 0.101. The van der Waals surface area contributed by atoms with E-state index in [0.29, 0.717) is 24.5 Å². The van der Waals surface area contributed by atoms with Crippen LogP contribution in [0.3, 0.4) is 0 Å². The molecule has 0 aromatic heterocycles. The van der Waals surface area contributed by atoms with Gasteiger partial charge in [-0.05, 0) is 13.0 Å². The van der Waals surface area contributed by atoms with Crippen molar-refractivity contribution in [2.24, 2.45) is 11.1 Å². The fourth-order valence-electron chi connectivity index (χ4n) is 3.04. The van der Waals surface area contributed by atoms with Crippen molar-refractivity contribution >= 4 is 5.69 Å². The zero-order valence-electron chi connectivity index (χ0n) is 13.9. The van der Waals surface area contributed by atoms with Crippen LogP contribution in [0.1, 0.15) is 32.4 Å². The molecule has 3 atom stereocenters. The lowest BCUT2D eigenvalue weighted by Crippen LogP contribution is -2.63. The van der Waals surface area contributed by atoms with E-state index in [1.54, 1.807) is 6.92 Å². The van der Waals surface area contributed by atoms with E-state index in [9.17, 15) is 15.2 Å². The predicted molar refractivity (Wildman–Crippen MR) is 84.5 cm³/mol. The molecule has 3 rings (SSSR count). The first-order valence-corrected chi connectivity index (χ1v) is 7.78. The summed E-state index contributed by atoms with van der Waals surface area (Å²) in [5, 5.41) is 21.6. The molecule has 2 heterocycles. The number of non-ortho nitro benzene ring substituents is 1. The summed E-state index contributed by atoms with van der Waals surface area (Å²) in [5.41, 5.74) is 5.10. The Hall–Kier alpha value is -1.74. The van der Waals surface area contributed by atoms with Gasteiger partial charge in [0.1, 0.15) is 11.9 Å². The molecule has 0 amide bonds. The second-order valence-corrected chi connectivity index (χ2v) is 7.35. The predicted octanol–water partition coefficient (Wildman–Crippen LogP) is 1.51. The van der Waals surface area contributed by atoms with Crippen LogP contribution in [0.5, 0.6) is 5.75 Å². The molecule has 8 nitrogen and oxygen atoms in total. The number of aliphatic hydroxyl groups excluding tert-OH is 1. The fraction of sp³-hybridized carbons (Fsp3) is 0.625. The molecule has 24 heavy (non-hydrogen) atoms. The van der Waals surface area contributed by atoms with Crippen LogP contribution >= 0.6 is 0 Å². The third-order valence-corrected chi connectivity index (χ3v) is 4.54. The Labute approximate surface area is 139 Å². The van der Waals surface area contributed by atoms with Crippen molar-refractivity contribution in [3.05, 3.63) is 33.9 Å². The second-order valence-electron chi connectivity index (χ2n) is 7.35. The zero-order chi connectivity index (χ0) is 17.7. The van der Waals surface area contributed by atoms with Gasteiger partial charge in [-0.25, -0.2) is 0 Å². The van der Waals surface area contributed by atoms with Gasteiger partial charge in [-0.1, -0.05) is 13.8 Å². The van der Waals surface area contributed by atoms with Crippen LogP contribution in [-0.2, 0) is 9.47 Å². The molecule has 2 aliphatic rings. The van der Waals surface area contributed by atoms with Crippen LogP contribution in [-0.4, -0.2) is 41.2 Å². The fourth-order valence-corrected chi connectivity index (χ4v) is 3.04. The van der Waals surface area contributed by atoms with Gasteiger partial charge < -0.3 is 25.1 Å². The number of ether oxygens (including phenoxy) is 3. The first-order chi connectivity index (χ1) is 11.1. The first-order valence-electron chi connectivity index (χ1n) is 7.78. The van der Waals surface area contributed by atoms with Gasteiger partial charge in [-0.3, -0.25) is 10.1 Å². The highest BCUT2D eigenvalue weighted by Gasteiger charge is 2.53. The van der Waals surface area contributed by atoms with E-state index in [-0.39, 0.29) is 11.1 Å². The van der Waals surface area contributed by atoms with Crippen LogP contribution in [0.4, 0.5) is 5.69 Å². The van der Waals surface area contributed by atoms with E-state index in [4.69, 9.17) is 19.9 Å². The summed E-state index contributed by atoms with van der Waals surface area (Å²) in [6.07, 6.45) is -1.92. The molecule has 0 aliphatic carbocycles. The van der Waals surface area contributed by atoms with E-state index >= 15 is 0 Å². The molecule has 1 aromatic carbocycles. The van der Waals surface area contributed by atoms with Gasteiger partial charge in [0.05, 0.1) is 24.2 Å². The Morgan fingerprint density at radius 2 is 1.92 bits per heavy atom. The largest absolute Gasteiger partial charge is 0.479 e. The molecule has 1 saturated heterocycles. The van der Waals surface area contributed by atoms with Crippen molar-refractivity contribution in [3.8, 4) is 5.75 Å². The number of rotatable bonds is 2. The van der Waals surface area contributed by atoms with E-state index in [2.05, 4.69) is 0 Å².